The van der Waals surface area contributed by atoms with Gasteiger partial charge in [-0.25, -0.2) is 19.2 Å². The molecule has 2 heterocycles. The number of carbonyl (C=O) groups is 1. The number of hydrogen-bond acceptors (Lipinski definition) is 6. The molecular formula is C25H24FN3O3S. The second-order valence-corrected chi connectivity index (χ2v) is 8.49. The molecule has 2 aromatic heterocycles. The molecular weight excluding hydrogens is 441 g/mol. The van der Waals surface area contributed by atoms with Crippen LogP contribution in [0.15, 0.2) is 52.0 Å². The predicted molar refractivity (Wildman–Crippen MR) is 129 cm³/mol. The van der Waals surface area contributed by atoms with Gasteiger partial charge in [-0.2, -0.15) is 0 Å². The van der Waals surface area contributed by atoms with Gasteiger partial charge in [0.25, 0.3) is 0 Å². The number of furan rings is 1. The molecule has 0 aliphatic heterocycles. The Kier molecular flexibility index (Phi) is 6.65. The zero-order valence-electron chi connectivity index (χ0n) is 18.6. The third-order valence-corrected chi connectivity index (χ3v) is 6.30. The van der Waals surface area contributed by atoms with Gasteiger partial charge in [0.2, 0.25) is 0 Å². The van der Waals surface area contributed by atoms with Crippen molar-refractivity contribution in [3.8, 4) is 11.3 Å². The van der Waals surface area contributed by atoms with E-state index < -0.39 is 5.97 Å². The molecule has 0 fully saturated rings. The number of aromatic carboxylic acids is 1. The van der Waals surface area contributed by atoms with E-state index in [0.717, 1.165) is 39.8 Å². The van der Waals surface area contributed by atoms with Crippen LogP contribution in [0, 0.1) is 12.7 Å². The van der Waals surface area contributed by atoms with Gasteiger partial charge in [0.05, 0.1) is 11.3 Å². The van der Waals surface area contributed by atoms with Crippen molar-refractivity contribution in [3.63, 3.8) is 0 Å². The van der Waals surface area contributed by atoms with Crippen LogP contribution < -0.4 is 5.32 Å². The summed E-state index contributed by atoms with van der Waals surface area (Å²) in [6.07, 6.45) is 4.70. The molecule has 0 aliphatic carbocycles. The molecule has 4 rings (SSSR count). The quantitative estimate of drug-likeness (QED) is 0.310. The zero-order chi connectivity index (χ0) is 23.5. The van der Waals surface area contributed by atoms with E-state index in [2.05, 4.69) is 15.3 Å². The lowest BCUT2D eigenvalue weighted by molar-refractivity contribution is 0.0693. The number of nitrogens with one attached hydrogen (secondary N) is 1. The summed E-state index contributed by atoms with van der Waals surface area (Å²) < 4.78 is 20.0. The van der Waals surface area contributed by atoms with Gasteiger partial charge in [0, 0.05) is 40.4 Å². The lowest BCUT2D eigenvalue weighted by Crippen LogP contribution is -2.07. The summed E-state index contributed by atoms with van der Waals surface area (Å²) in [5.41, 5.74) is 4.31. The fourth-order valence-electron chi connectivity index (χ4n) is 3.94. The molecule has 0 aliphatic rings. The highest BCUT2D eigenvalue weighted by molar-refractivity contribution is 7.98. The molecule has 4 aromatic rings. The molecule has 0 saturated carbocycles. The topological polar surface area (TPSA) is 88.2 Å². The van der Waals surface area contributed by atoms with Gasteiger partial charge >= 0.3 is 5.97 Å². The Labute approximate surface area is 195 Å². The van der Waals surface area contributed by atoms with E-state index in [0.29, 0.717) is 29.4 Å². The summed E-state index contributed by atoms with van der Waals surface area (Å²) >= 11 is 1.38. The lowest BCUT2D eigenvalue weighted by Gasteiger charge is -2.09. The molecule has 0 atom stereocenters. The number of benzene rings is 2. The van der Waals surface area contributed by atoms with Gasteiger partial charge < -0.3 is 14.8 Å². The standard InChI is InChI=1S/C25H24FN3O3S/c1-4-21-17(19-11-16(26)9-14(2)24(19)32-21)7-8-27-23-12-20(28-13-29-23)15-5-6-18(25(30)31)22(10-15)33-3/h5-6,9-13H,4,7-8H2,1-3H3,(H,30,31)(H,27,28,29). The van der Waals surface area contributed by atoms with Crippen LogP contribution in [0.4, 0.5) is 10.2 Å². The Morgan fingerprint density at radius 2 is 2.03 bits per heavy atom. The highest BCUT2D eigenvalue weighted by atomic mass is 32.2. The minimum Gasteiger partial charge on any atom is -0.478 e. The van der Waals surface area contributed by atoms with Crippen LogP contribution in [0.25, 0.3) is 22.2 Å². The van der Waals surface area contributed by atoms with Crippen LogP contribution in [0.1, 0.15) is 34.2 Å². The molecule has 0 radical (unpaired) electrons. The normalized spacial score (nSPS) is 11.2. The smallest absolute Gasteiger partial charge is 0.336 e. The first-order chi connectivity index (χ1) is 15.9. The van der Waals surface area contributed by atoms with Crippen LogP contribution in [0.5, 0.6) is 0 Å². The Balaban J connectivity index is 1.53. The van der Waals surface area contributed by atoms with Crippen molar-refractivity contribution in [3.05, 3.63) is 71.0 Å². The fourth-order valence-corrected chi connectivity index (χ4v) is 4.56. The summed E-state index contributed by atoms with van der Waals surface area (Å²) in [4.78, 5) is 20.7. The molecule has 6 nitrogen and oxygen atoms in total. The summed E-state index contributed by atoms with van der Waals surface area (Å²) in [5.74, 6) is 0.300. The summed E-state index contributed by atoms with van der Waals surface area (Å²) in [6.45, 7) is 4.46. The van der Waals surface area contributed by atoms with Crippen molar-refractivity contribution in [1.29, 1.82) is 0 Å². The molecule has 0 amide bonds. The van der Waals surface area contributed by atoms with Crippen molar-refractivity contribution >= 4 is 34.5 Å². The third-order valence-electron chi connectivity index (χ3n) is 5.52. The highest BCUT2D eigenvalue weighted by Gasteiger charge is 2.16. The molecule has 33 heavy (non-hydrogen) atoms. The second kappa shape index (κ2) is 9.62. The SMILES string of the molecule is CCc1oc2c(C)cc(F)cc2c1CCNc1cc(-c2ccc(C(=O)O)c(SC)c2)ncn1. The minimum atomic E-state index is -0.954. The maximum atomic E-state index is 14.0. The minimum absolute atomic E-state index is 0.267. The fraction of sp³-hybridized carbons (Fsp3) is 0.240. The molecule has 0 saturated heterocycles. The Hall–Kier alpha value is -3.39. The van der Waals surface area contributed by atoms with Crippen LogP contribution >= 0.6 is 11.8 Å². The van der Waals surface area contributed by atoms with Gasteiger partial charge in [-0.05, 0) is 49.4 Å². The third kappa shape index (κ3) is 4.71. The van der Waals surface area contributed by atoms with Crippen molar-refractivity contribution < 1.29 is 18.7 Å². The van der Waals surface area contributed by atoms with Gasteiger partial charge in [-0.3, -0.25) is 0 Å². The molecule has 8 heteroatoms. The molecule has 2 N–H and O–H groups in total. The number of nitrogens with zero attached hydrogens (tertiary/aromatic N) is 2. The van der Waals surface area contributed by atoms with Crippen molar-refractivity contribution in [1.82, 2.24) is 9.97 Å². The van der Waals surface area contributed by atoms with Gasteiger partial charge in [-0.1, -0.05) is 13.0 Å². The van der Waals surface area contributed by atoms with Crippen LogP contribution in [-0.4, -0.2) is 33.8 Å². The maximum Gasteiger partial charge on any atom is 0.336 e. The second-order valence-electron chi connectivity index (χ2n) is 7.64. The predicted octanol–water partition coefficient (Wildman–Crippen LogP) is 5.97. The average molecular weight is 466 g/mol. The maximum absolute atomic E-state index is 14.0. The van der Waals surface area contributed by atoms with Gasteiger partial charge in [-0.15, -0.1) is 11.8 Å². The van der Waals surface area contributed by atoms with Gasteiger partial charge in [0.1, 0.15) is 29.3 Å². The number of hydrogen-bond donors (Lipinski definition) is 2. The number of fused-ring (bicyclic) bond motifs is 1. The number of carboxylic acid groups (broad SMARTS) is 1. The van der Waals surface area contributed by atoms with Crippen molar-refractivity contribution in [2.45, 2.75) is 31.6 Å². The largest absolute Gasteiger partial charge is 0.478 e. The number of anilines is 1. The zero-order valence-corrected chi connectivity index (χ0v) is 19.4. The number of aromatic nitrogens is 2. The van der Waals surface area contributed by atoms with Crippen LogP contribution in [0.3, 0.4) is 0 Å². The monoisotopic (exact) mass is 465 g/mol. The Morgan fingerprint density at radius 1 is 1.21 bits per heavy atom. The summed E-state index contributed by atoms with van der Waals surface area (Å²) in [5, 5.41) is 13.5. The molecule has 0 spiro atoms. The average Bonchev–Trinajstić information content (AvgIpc) is 3.16. The Bertz CT molecular complexity index is 1340. The molecule has 0 unspecified atom stereocenters. The van der Waals surface area contributed by atoms with Crippen LogP contribution in [-0.2, 0) is 12.8 Å². The first-order valence-corrected chi connectivity index (χ1v) is 11.8. The number of aryl methyl sites for hydroxylation is 2. The van der Waals surface area contributed by atoms with E-state index in [9.17, 15) is 14.3 Å². The molecule has 170 valence electrons. The van der Waals surface area contributed by atoms with Crippen molar-refractivity contribution in [2.75, 3.05) is 18.1 Å². The van der Waals surface area contributed by atoms with E-state index in [1.165, 1.54) is 30.2 Å². The van der Waals surface area contributed by atoms with E-state index in [4.69, 9.17) is 4.42 Å². The number of thioether (sulfide) groups is 1. The number of rotatable bonds is 8. The summed E-state index contributed by atoms with van der Waals surface area (Å²) in [6, 6.07) is 10.0. The molecule has 0 bridgehead atoms. The van der Waals surface area contributed by atoms with E-state index in [1.54, 1.807) is 12.1 Å². The van der Waals surface area contributed by atoms with Gasteiger partial charge in [0.15, 0.2) is 0 Å². The number of carboxylic acids is 1. The molecule has 2 aromatic carbocycles. The van der Waals surface area contributed by atoms with Crippen molar-refractivity contribution in [2.24, 2.45) is 0 Å². The first kappa shape index (κ1) is 22.8. The van der Waals surface area contributed by atoms with E-state index >= 15 is 0 Å². The van der Waals surface area contributed by atoms with Crippen LogP contribution in [0.2, 0.25) is 0 Å². The lowest BCUT2D eigenvalue weighted by atomic mass is 10.0. The van der Waals surface area contributed by atoms with E-state index in [-0.39, 0.29) is 11.4 Å². The summed E-state index contributed by atoms with van der Waals surface area (Å²) in [7, 11) is 0. The Morgan fingerprint density at radius 3 is 2.76 bits per heavy atom. The highest BCUT2D eigenvalue weighted by Crippen LogP contribution is 2.31. The first-order valence-electron chi connectivity index (χ1n) is 10.6. The number of halogens is 1. The van der Waals surface area contributed by atoms with E-state index in [1.807, 2.05) is 32.2 Å².